The lowest BCUT2D eigenvalue weighted by molar-refractivity contribution is 0.588. The Bertz CT molecular complexity index is 646. The summed E-state index contributed by atoms with van der Waals surface area (Å²) in [4.78, 5) is 0.273. The van der Waals surface area contributed by atoms with Gasteiger partial charge in [-0.2, -0.15) is 0 Å². The number of aryl methyl sites for hydroxylation is 1. The fraction of sp³-hybridized carbons (Fsp3) is 0.200. The Balaban J connectivity index is 2.74. The molecule has 0 aliphatic heterocycles. The van der Waals surface area contributed by atoms with Crippen LogP contribution in [-0.4, -0.2) is 20.0 Å². The molecule has 0 bridgehead atoms. The first kappa shape index (κ1) is 11.6. The molecule has 1 heterocycles. The molecule has 0 saturated carbocycles. The SMILES string of the molecule is CNS(=O)(=O)c1ccc2c(c1)c(Br)cn2C. The molecule has 1 aromatic heterocycles. The van der Waals surface area contributed by atoms with Crippen molar-refractivity contribution in [2.45, 2.75) is 4.90 Å². The summed E-state index contributed by atoms with van der Waals surface area (Å²) < 4.78 is 28.4. The summed E-state index contributed by atoms with van der Waals surface area (Å²) in [7, 11) is -0.0589. The summed E-state index contributed by atoms with van der Waals surface area (Å²) >= 11 is 3.40. The zero-order valence-electron chi connectivity index (χ0n) is 8.86. The summed E-state index contributed by atoms with van der Waals surface area (Å²) in [5.74, 6) is 0. The summed E-state index contributed by atoms with van der Waals surface area (Å²) in [5.41, 5.74) is 0.988. The van der Waals surface area contributed by atoms with Crippen LogP contribution in [0.15, 0.2) is 33.8 Å². The van der Waals surface area contributed by atoms with E-state index in [2.05, 4.69) is 20.7 Å². The van der Waals surface area contributed by atoms with E-state index in [0.29, 0.717) is 0 Å². The molecule has 0 aliphatic rings. The van der Waals surface area contributed by atoms with Gasteiger partial charge in [0.15, 0.2) is 0 Å². The summed E-state index contributed by atoms with van der Waals surface area (Å²) in [6, 6.07) is 5.05. The van der Waals surface area contributed by atoms with Gasteiger partial charge in [0, 0.05) is 28.6 Å². The van der Waals surface area contributed by atoms with Crippen LogP contribution >= 0.6 is 15.9 Å². The average Bonchev–Trinajstić information content (AvgIpc) is 2.54. The van der Waals surface area contributed by atoms with Crippen molar-refractivity contribution in [3.8, 4) is 0 Å². The van der Waals surface area contributed by atoms with E-state index in [1.165, 1.54) is 7.05 Å². The van der Waals surface area contributed by atoms with Crippen LogP contribution in [0.2, 0.25) is 0 Å². The number of aromatic nitrogens is 1. The molecule has 0 atom stereocenters. The molecule has 86 valence electrons. The van der Waals surface area contributed by atoms with Gasteiger partial charge in [-0.3, -0.25) is 0 Å². The van der Waals surface area contributed by atoms with Gasteiger partial charge in [-0.15, -0.1) is 0 Å². The summed E-state index contributed by atoms with van der Waals surface area (Å²) in [6.45, 7) is 0. The number of benzene rings is 1. The normalized spacial score (nSPS) is 12.2. The van der Waals surface area contributed by atoms with Crippen molar-refractivity contribution >= 4 is 36.9 Å². The Morgan fingerprint density at radius 3 is 2.69 bits per heavy atom. The standard InChI is InChI=1S/C10H11BrN2O2S/c1-12-16(14,15)7-3-4-10-8(5-7)9(11)6-13(10)2/h3-6,12H,1-2H3. The fourth-order valence-corrected chi connectivity index (χ4v) is 2.99. The van der Waals surface area contributed by atoms with Crippen LogP contribution < -0.4 is 4.72 Å². The number of rotatable bonds is 2. The lowest BCUT2D eigenvalue weighted by Gasteiger charge is -2.03. The van der Waals surface area contributed by atoms with E-state index in [4.69, 9.17) is 0 Å². The Morgan fingerprint density at radius 2 is 2.06 bits per heavy atom. The number of hydrogen-bond donors (Lipinski definition) is 1. The monoisotopic (exact) mass is 302 g/mol. The number of sulfonamides is 1. The largest absolute Gasteiger partial charge is 0.349 e. The predicted molar refractivity (Wildman–Crippen MR) is 66.9 cm³/mol. The van der Waals surface area contributed by atoms with Crippen molar-refractivity contribution in [1.82, 2.24) is 9.29 Å². The quantitative estimate of drug-likeness (QED) is 0.920. The van der Waals surface area contributed by atoms with Crippen LogP contribution in [0.1, 0.15) is 0 Å². The second kappa shape index (κ2) is 3.87. The first-order valence-corrected chi connectivity index (χ1v) is 6.91. The minimum absolute atomic E-state index is 0.273. The van der Waals surface area contributed by atoms with E-state index in [1.54, 1.807) is 18.2 Å². The van der Waals surface area contributed by atoms with Crippen LogP contribution in [0.25, 0.3) is 10.9 Å². The Kier molecular flexibility index (Phi) is 2.81. The van der Waals surface area contributed by atoms with Gasteiger partial charge in [-0.05, 0) is 41.2 Å². The maximum Gasteiger partial charge on any atom is 0.240 e. The van der Waals surface area contributed by atoms with E-state index in [1.807, 2.05) is 17.8 Å². The van der Waals surface area contributed by atoms with E-state index >= 15 is 0 Å². The second-order valence-electron chi connectivity index (χ2n) is 3.47. The third-order valence-corrected chi connectivity index (χ3v) is 4.54. The molecule has 0 spiro atoms. The number of nitrogens with zero attached hydrogens (tertiary/aromatic N) is 1. The third kappa shape index (κ3) is 1.77. The lowest BCUT2D eigenvalue weighted by Crippen LogP contribution is -2.18. The highest BCUT2D eigenvalue weighted by Gasteiger charge is 2.13. The minimum Gasteiger partial charge on any atom is -0.349 e. The molecular weight excluding hydrogens is 292 g/mol. The first-order chi connectivity index (χ1) is 7.45. The van der Waals surface area contributed by atoms with Crippen molar-refractivity contribution in [2.24, 2.45) is 7.05 Å². The molecule has 1 aromatic carbocycles. The van der Waals surface area contributed by atoms with Crippen LogP contribution in [0.3, 0.4) is 0 Å². The van der Waals surface area contributed by atoms with Gasteiger partial charge in [0.25, 0.3) is 0 Å². The molecule has 0 saturated heterocycles. The minimum atomic E-state index is -3.38. The predicted octanol–water partition coefficient (Wildman–Crippen LogP) is 1.85. The fourth-order valence-electron chi connectivity index (χ4n) is 1.61. The third-order valence-electron chi connectivity index (χ3n) is 2.49. The molecule has 1 N–H and O–H groups in total. The van der Waals surface area contributed by atoms with Gasteiger partial charge in [0.05, 0.1) is 4.90 Å². The molecule has 2 aromatic rings. The highest BCUT2D eigenvalue weighted by Crippen LogP contribution is 2.27. The van der Waals surface area contributed by atoms with Crippen LogP contribution in [0.5, 0.6) is 0 Å². The van der Waals surface area contributed by atoms with Gasteiger partial charge in [0.1, 0.15) is 0 Å². The molecule has 0 fully saturated rings. The first-order valence-electron chi connectivity index (χ1n) is 4.64. The van der Waals surface area contributed by atoms with E-state index in [-0.39, 0.29) is 4.90 Å². The summed E-state index contributed by atoms with van der Waals surface area (Å²) in [5, 5.41) is 0.888. The summed E-state index contributed by atoms with van der Waals surface area (Å²) in [6.07, 6.45) is 1.90. The van der Waals surface area contributed by atoms with Crippen molar-refractivity contribution in [1.29, 1.82) is 0 Å². The molecule has 16 heavy (non-hydrogen) atoms. The molecule has 6 heteroatoms. The van der Waals surface area contributed by atoms with E-state index in [0.717, 1.165) is 15.4 Å². The van der Waals surface area contributed by atoms with Gasteiger partial charge >= 0.3 is 0 Å². The molecule has 0 radical (unpaired) electrons. The molecule has 0 amide bonds. The maximum atomic E-state index is 11.6. The number of nitrogens with one attached hydrogen (secondary N) is 1. The highest BCUT2D eigenvalue weighted by atomic mass is 79.9. The lowest BCUT2D eigenvalue weighted by atomic mass is 10.2. The Hall–Kier alpha value is -0.850. The van der Waals surface area contributed by atoms with Crippen LogP contribution in [0, 0.1) is 0 Å². The smallest absolute Gasteiger partial charge is 0.240 e. The maximum absolute atomic E-state index is 11.6. The molecular formula is C10H11BrN2O2S. The number of fused-ring (bicyclic) bond motifs is 1. The number of hydrogen-bond acceptors (Lipinski definition) is 2. The van der Waals surface area contributed by atoms with Gasteiger partial charge < -0.3 is 4.57 Å². The van der Waals surface area contributed by atoms with Crippen LogP contribution in [0.4, 0.5) is 0 Å². The van der Waals surface area contributed by atoms with Crippen molar-refractivity contribution in [2.75, 3.05) is 7.05 Å². The van der Waals surface area contributed by atoms with Gasteiger partial charge in [-0.1, -0.05) is 0 Å². The zero-order valence-corrected chi connectivity index (χ0v) is 11.3. The average molecular weight is 303 g/mol. The molecule has 0 unspecified atom stereocenters. The zero-order chi connectivity index (χ0) is 11.9. The van der Waals surface area contributed by atoms with Crippen molar-refractivity contribution in [3.05, 3.63) is 28.9 Å². The van der Waals surface area contributed by atoms with E-state index in [9.17, 15) is 8.42 Å². The van der Waals surface area contributed by atoms with Gasteiger partial charge in [-0.25, -0.2) is 13.1 Å². The van der Waals surface area contributed by atoms with E-state index < -0.39 is 10.0 Å². The molecule has 4 nitrogen and oxygen atoms in total. The van der Waals surface area contributed by atoms with Gasteiger partial charge in [0.2, 0.25) is 10.0 Å². The second-order valence-corrected chi connectivity index (χ2v) is 6.22. The Morgan fingerprint density at radius 1 is 1.38 bits per heavy atom. The highest BCUT2D eigenvalue weighted by molar-refractivity contribution is 9.10. The van der Waals surface area contributed by atoms with Crippen molar-refractivity contribution in [3.63, 3.8) is 0 Å². The molecule has 2 rings (SSSR count). The topological polar surface area (TPSA) is 51.1 Å². The van der Waals surface area contributed by atoms with Crippen molar-refractivity contribution < 1.29 is 8.42 Å². The number of halogens is 1. The molecule has 0 aliphatic carbocycles. The van der Waals surface area contributed by atoms with Crippen LogP contribution in [-0.2, 0) is 17.1 Å². The Labute approximate surface area is 102 Å².